The van der Waals surface area contributed by atoms with Crippen LogP contribution in [-0.4, -0.2) is 18.2 Å². The molecular formula is C23H28N2OS2. The first-order valence-electron chi connectivity index (χ1n) is 9.31. The zero-order valence-electron chi connectivity index (χ0n) is 16.7. The second kappa shape index (κ2) is 11.7. The van der Waals surface area contributed by atoms with Gasteiger partial charge in [-0.25, -0.2) is 0 Å². The molecule has 0 saturated carbocycles. The number of aryl methyl sites for hydroxylation is 2. The molecule has 1 aliphatic heterocycles. The molecule has 1 heterocycles. The number of carbonyl (C=O) groups excluding carboxylic acids is 1. The molecule has 0 spiro atoms. The molecule has 0 bridgehead atoms. The molecule has 2 aromatic rings. The van der Waals surface area contributed by atoms with Crippen molar-refractivity contribution in [1.29, 1.82) is 0 Å². The van der Waals surface area contributed by atoms with Gasteiger partial charge >= 0.3 is 0 Å². The Hall–Kier alpha value is -2.11. The van der Waals surface area contributed by atoms with Crippen LogP contribution in [0.3, 0.4) is 0 Å². The maximum atomic E-state index is 10.3. The number of hydrogen-bond donors (Lipinski definition) is 2. The summed E-state index contributed by atoms with van der Waals surface area (Å²) >= 11 is 2.98. The maximum Gasteiger partial charge on any atom is 0.214 e. The minimum absolute atomic E-state index is 0.157. The first-order chi connectivity index (χ1) is 13.5. The predicted octanol–water partition coefficient (Wildman–Crippen LogP) is 5.41. The summed E-state index contributed by atoms with van der Waals surface area (Å²) in [5.74, 6) is 0. The Morgan fingerprint density at radius 1 is 1.18 bits per heavy atom. The monoisotopic (exact) mass is 412 g/mol. The van der Waals surface area contributed by atoms with Crippen molar-refractivity contribution in [2.75, 3.05) is 13.1 Å². The molecule has 0 atom stereocenters. The molecule has 0 unspecified atom stereocenters. The van der Waals surface area contributed by atoms with E-state index in [-0.39, 0.29) is 5.12 Å². The van der Waals surface area contributed by atoms with E-state index in [0.717, 1.165) is 18.0 Å². The second-order valence-electron chi connectivity index (χ2n) is 6.37. The number of rotatable bonds is 6. The molecule has 0 radical (unpaired) electrons. The number of carbonyl (C=O) groups is 1. The van der Waals surface area contributed by atoms with Crippen LogP contribution in [0.15, 0.2) is 76.1 Å². The van der Waals surface area contributed by atoms with Gasteiger partial charge in [-0.2, -0.15) is 0 Å². The number of benzene rings is 2. The molecule has 148 valence electrons. The summed E-state index contributed by atoms with van der Waals surface area (Å²) in [5, 5.41) is 8.48. The Bertz CT molecular complexity index is 832. The fourth-order valence-corrected chi connectivity index (χ4v) is 4.05. The molecule has 3 nitrogen and oxygen atoms in total. The predicted molar refractivity (Wildman–Crippen MR) is 123 cm³/mol. The quantitative estimate of drug-likeness (QED) is 0.621. The van der Waals surface area contributed by atoms with Gasteiger partial charge in [0.05, 0.1) is 16.6 Å². The molecule has 0 amide bonds. The molecule has 0 aromatic heterocycles. The standard InChI is InChI=1S/C19H23NS.C4H5NOS/c1-4-19(21-18-12-8-6-10-16(18)3)20-14-13-17-11-7-5-9-15(17)2;1-3-5-2-4(6)7-3/h4-12,20H,13-14H2,1-3H3;5H,1-2H2. The van der Waals surface area contributed by atoms with Gasteiger partial charge < -0.3 is 10.6 Å². The largest absolute Gasteiger partial charge is 0.380 e. The molecular weight excluding hydrogens is 384 g/mol. The maximum absolute atomic E-state index is 10.3. The van der Waals surface area contributed by atoms with E-state index in [1.165, 1.54) is 38.4 Å². The van der Waals surface area contributed by atoms with Crippen molar-refractivity contribution >= 4 is 28.6 Å². The molecule has 1 saturated heterocycles. The molecule has 2 N–H and O–H groups in total. The van der Waals surface area contributed by atoms with E-state index in [9.17, 15) is 4.79 Å². The van der Waals surface area contributed by atoms with Gasteiger partial charge in [0.15, 0.2) is 0 Å². The lowest BCUT2D eigenvalue weighted by Crippen LogP contribution is -2.15. The van der Waals surface area contributed by atoms with Gasteiger partial charge in [0, 0.05) is 11.4 Å². The van der Waals surface area contributed by atoms with Crippen LogP contribution < -0.4 is 10.6 Å². The summed E-state index contributed by atoms with van der Waals surface area (Å²) in [4.78, 5) is 11.6. The van der Waals surface area contributed by atoms with Gasteiger partial charge in [-0.05, 0) is 61.7 Å². The van der Waals surface area contributed by atoms with Crippen LogP contribution in [0.4, 0.5) is 0 Å². The van der Waals surface area contributed by atoms with E-state index >= 15 is 0 Å². The van der Waals surface area contributed by atoms with Crippen LogP contribution >= 0.6 is 23.5 Å². The van der Waals surface area contributed by atoms with Crippen LogP contribution in [0, 0.1) is 13.8 Å². The van der Waals surface area contributed by atoms with Gasteiger partial charge in [0.25, 0.3) is 0 Å². The van der Waals surface area contributed by atoms with Gasteiger partial charge in [-0.3, -0.25) is 4.79 Å². The first kappa shape index (κ1) is 22.2. The molecule has 5 heteroatoms. The average Bonchev–Trinajstić information content (AvgIpc) is 3.07. The zero-order valence-corrected chi connectivity index (χ0v) is 18.4. The van der Waals surface area contributed by atoms with Crippen LogP contribution in [0.25, 0.3) is 0 Å². The Labute approximate surface area is 177 Å². The van der Waals surface area contributed by atoms with Crippen molar-refractivity contribution in [1.82, 2.24) is 10.6 Å². The molecule has 1 aliphatic rings. The van der Waals surface area contributed by atoms with Crippen molar-refractivity contribution in [3.63, 3.8) is 0 Å². The minimum Gasteiger partial charge on any atom is -0.380 e. The molecule has 1 fully saturated rings. The fraction of sp³-hybridized carbons (Fsp3) is 0.261. The van der Waals surface area contributed by atoms with Crippen molar-refractivity contribution in [3.8, 4) is 0 Å². The van der Waals surface area contributed by atoms with E-state index in [0.29, 0.717) is 6.54 Å². The summed E-state index contributed by atoms with van der Waals surface area (Å²) in [7, 11) is 0. The van der Waals surface area contributed by atoms with Crippen LogP contribution in [0.5, 0.6) is 0 Å². The molecule has 28 heavy (non-hydrogen) atoms. The van der Waals surface area contributed by atoms with Crippen molar-refractivity contribution in [3.05, 3.63) is 87.9 Å². The summed E-state index contributed by atoms with van der Waals surface area (Å²) in [6.45, 7) is 11.4. The summed E-state index contributed by atoms with van der Waals surface area (Å²) < 4.78 is 0. The number of allylic oxidation sites excluding steroid dienone is 1. The lowest BCUT2D eigenvalue weighted by Gasteiger charge is -2.12. The fourth-order valence-electron chi connectivity index (χ4n) is 2.58. The Balaban J connectivity index is 0.000000336. The number of thioether (sulfide) groups is 2. The minimum atomic E-state index is 0.157. The van der Waals surface area contributed by atoms with Crippen molar-refractivity contribution in [2.45, 2.75) is 32.1 Å². The SMILES string of the molecule is C=C1NCC(=O)S1.CC=C(NCCc1ccccc1C)Sc1ccccc1C. The third-order valence-electron chi connectivity index (χ3n) is 4.20. The highest BCUT2D eigenvalue weighted by atomic mass is 32.2. The van der Waals surface area contributed by atoms with Gasteiger partial charge in [0.2, 0.25) is 5.12 Å². The molecule has 2 aromatic carbocycles. The van der Waals surface area contributed by atoms with Gasteiger partial charge in [-0.15, -0.1) is 0 Å². The Morgan fingerprint density at radius 2 is 1.86 bits per heavy atom. The van der Waals surface area contributed by atoms with E-state index in [4.69, 9.17) is 0 Å². The average molecular weight is 413 g/mol. The molecule has 3 rings (SSSR count). The van der Waals surface area contributed by atoms with Crippen LogP contribution in [0.2, 0.25) is 0 Å². The summed E-state index contributed by atoms with van der Waals surface area (Å²) in [6.07, 6.45) is 3.20. The summed E-state index contributed by atoms with van der Waals surface area (Å²) in [5.41, 5.74) is 4.11. The highest BCUT2D eigenvalue weighted by Gasteiger charge is 2.11. The van der Waals surface area contributed by atoms with E-state index in [1.807, 2.05) is 0 Å². The van der Waals surface area contributed by atoms with E-state index < -0.39 is 0 Å². The Kier molecular flexibility index (Phi) is 9.24. The highest BCUT2D eigenvalue weighted by molar-refractivity contribution is 8.17. The lowest BCUT2D eigenvalue weighted by molar-refractivity contribution is -0.109. The van der Waals surface area contributed by atoms with Gasteiger partial charge in [0.1, 0.15) is 0 Å². The van der Waals surface area contributed by atoms with Crippen LogP contribution in [-0.2, 0) is 11.2 Å². The third-order valence-corrected chi connectivity index (χ3v) is 6.24. The van der Waals surface area contributed by atoms with E-state index in [1.54, 1.807) is 11.8 Å². The summed E-state index contributed by atoms with van der Waals surface area (Å²) in [6, 6.07) is 17.1. The number of hydrogen-bond acceptors (Lipinski definition) is 5. The van der Waals surface area contributed by atoms with Crippen LogP contribution in [0.1, 0.15) is 23.6 Å². The lowest BCUT2D eigenvalue weighted by atomic mass is 10.1. The molecule has 0 aliphatic carbocycles. The highest BCUT2D eigenvalue weighted by Crippen LogP contribution is 2.27. The van der Waals surface area contributed by atoms with Gasteiger partial charge in [-0.1, -0.05) is 66.9 Å². The van der Waals surface area contributed by atoms with Crippen molar-refractivity contribution < 1.29 is 4.79 Å². The smallest absolute Gasteiger partial charge is 0.214 e. The van der Waals surface area contributed by atoms with E-state index in [2.05, 4.69) is 92.6 Å². The normalized spacial score (nSPS) is 13.6. The van der Waals surface area contributed by atoms with Crippen molar-refractivity contribution in [2.24, 2.45) is 0 Å². The second-order valence-corrected chi connectivity index (χ2v) is 8.61. The number of nitrogens with one attached hydrogen (secondary N) is 2. The Morgan fingerprint density at radius 3 is 2.39 bits per heavy atom. The topological polar surface area (TPSA) is 41.1 Å². The third kappa shape index (κ3) is 7.49. The first-order valence-corrected chi connectivity index (χ1v) is 10.9. The zero-order chi connectivity index (χ0) is 20.4.